The molecule has 6 nitrogen and oxygen atoms in total. The summed E-state index contributed by atoms with van der Waals surface area (Å²) < 4.78 is 13.2. The van der Waals surface area contributed by atoms with Crippen LogP contribution in [-0.4, -0.2) is 17.6 Å². The SMILES string of the molecule is COC(=O)C1=C(C)N=c2s/c(=C\c3ccccc3OCc3ccc(Cl)cc3)c(=O)n2[C@H]1c1ccccc1. The van der Waals surface area contributed by atoms with Crippen molar-refractivity contribution in [3.05, 3.63) is 132 Å². The number of thiazole rings is 1. The second-order valence-corrected chi connectivity index (χ2v) is 9.88. The van der Waals surface area contributed by atoms with Crippen LogP contribution in [0.5, 0.6) is 5.75 Å². The number of nitrogens with zero attached hydrogens (tertiary/aromatic N) is 2. The smallest absolute Gasteiger partial charge is 0.338 e. The number of ether oxygens (including phenoxy) is 2. The zero-order valence-corrected chi connectivity index (χ0v) is 21.8. The van der Waals surface area contributed by atoms with Crippen molar-refractivity contribution >= 4 is 35.0 Å². The molecule has 4 aromatic rings. The minimum atomic E-state index is -0.636. The molecule has 5 rings (SSSR count). The number of fused-ring (bicyclic) bond motifs is 1. The Balaban J connectivity index is 1.58. The molecule has 2 heterocycles. The minimum Gasteiger partial charge on any atom is -0.488 e. The molecule has 0 unspecified atom stereocenters. The van der Waals surface area contributed by atoms with Crippen molar-refractivity contribution in [3.63, 3.8) is 0 Å². The molecule has 186 valence electrons. The molecule has 1 aliphatic heterocycles. The van der Waals surface area contributed by atoms with Crippen LogP contribution >= 0.6 is 22.9 Å². The Morgan fingerprint density at radius 1 is 1.05 bits per heavy atom. The molecule has 0 aliphatic carbocycles. The van der Waals surface area contributed by atoms with Crippen molar-refractivity contribution < 1.29 is 14.3 Å². The Hall–Kier alpha value is -3.94. The van der Waals surface area contributed by atoms with Gasteiger partial charge in [0.05, 0.1) is 29.0 Å². The van der Waals surface area contributed by atoms with Gasteiger partial charge in [0.2, 0.25) is 0 Å². The largest absolute Gasteiger partial charge is 0.488 e. The third-order valence-corrected chi connectivity index (χ3v) is 7.29. The molecule has 0 bridgehead atoms. The van der Waals surface area contributed by atoms with Crippen molar-refractivity contribution in [1.82, 2.24) is 4.57 Å². The molecule has 0 saturated heterocycles. The fraction of sp³-hybridized carbons (Fsp3) is 0.138. The van der Waals surface area contributed by atoms with Crippen molar-refractivity contribution in [3.8, 4) is 5.75 Å². The highest BCUT2D eigenvalue weighted by molar-refractivity contribution is 7.07. The highest BCUT2D eigenvalue weighted by atomic mass is 35.5. The van der Waals surface area contributed by atoms with E-state index in [1.807, 2.05) is 78.9 Å². The van der Waals surface area contributed by atoms with Crippen LogP contribution < -0.4 is 19.6 Å². The van der Waals surface area contributed by atoms with Gasteiger partial charge in [0, 0.05) is 10.6 Å². The Kier molecular flexibility index (Phi) is 7.08. The van der Waals surface area contributed by atoms with Gasteiger partial charge in [-0.3, -0.25) is 9.36 Å². The van der Waals surface area contributed by atoms with Crippen LogP contribution in [0.15, 0.2) is 99.9 Å². The molecular formula is C29H23ClN2O4S. The summed E-state index contributed by atoms with van der Waals surface area (Å²) in [5, 5.41) is 0.666. The van der Waals surface area contributed by atoms with Gasteiger partial charge in [0.1, 0.15) is 12.4 Å². The van der Waals surface area contributed by atoms with E-state index in [9.17, 15) is 9.59 Å². The Labute approximate surface area is 222 Å². The lowest BCUT2D eigenvalue weighted by molar-refractivity contribution is -0.136. The van der Waals surface area contributed by atoms with Crippen LogP contribution in [0.4, 0.5) is 0 Å². The highest BCUT2D eigenvalue weighted by Gasteiger charge is 2.32. The first-order valence-corrected chi connectivity index (χ1v) is 12.8. The molecule has 0 amide bonds. The molecule has 0 radical (unpaired) electrons. The van der Waals surface area contributed by atoms with E-state index in [0.29, 0.717) is 38.0 Å². The van der Waals surface area contributed by atoms with Crippen LogP contribution in [0.3, 0.4) is 0 Å². The molecule has 1 atom stereocenters. The zero-order valence-electron chi connectivity index (χ0n) is 20.2. The van der Waals surface area contributed by atoms with E-state index >= 15 is 0 Å². The predicted octanol–water partition coefficient (Wildman–Crippen LogP) is 4.64. The van der Waals surface area contributed by atoms with Gasteiger partial charge >= 0.3 is 5.97 Å². The average molecular weight is 531 g/mol. The maximum absolute atomic E-state index is 13.7. The number of hydrogen-bond donors (Lipinski definition) is 0. The summed E-state index contributed by atoms with van der Waals surface area (Å²) >= 11 is 7.26. The molecule has 1 aliphatic rings. The number of esters is 1. The number of hydrogen-bond acceptors (Lipinski definition) is 6. The van der Waals surface area contributed by atoms with Gasteiger partial charge in [-0.05, 0) is 42.3 Å². The van der Waals surface area contributed by atoms with Crippen molar-refractivity contribution in [2.75, 3.05) is 7.11 Å². The lowest BCUT2D eigenvalue weighted by Crippen LogP contribution is -2.39. The maximum Gasteiger partial charge on any atom is 0.338 e. The molecule has 0 fully saturated rings. The summed E-state index contributed by atoms with van der Waals surface area (Å²) in [6, 6.07) is 23.8. The number of para-hydroxylation sites is 1. The summed E-state index contributed by atoms with van der Waals surface area (Å²) in [7, 11) is 1.33. The minimum absolute atomic E-state index is 0.237. The van der Waals surface area contributed by atoms with Gasteiger partial charge in [0.25, 0.3) is 5.56 Å². The normalized spacial score (nSPS) is 15.2. The summed E-state index contributed by atoms with van der Waals surface area (Å²) in [5.41, 5.74) is 3.18. The zero-order chi connectivity index (χ0) is 25.9. The van der Waals surface area contributed by atoms with E-state index in [1.165, 1.54) is 18.4 Å². The standard InChI is InChI=1S/C29H23ClN2O4S/c1-18-25(28(34)35-2)26(20-8-4-3-5-9-20)32-27(33)24(37-29(32)31-18)16-21-10-6-7-11-23(21)36-17-19-12-14-22(30)15-13-19/h3-16,26H,17H2,1-2H3/b24-16-/t26-/m0/s1. The molecule has 3 aromatic carbocycles. The van der Waals surface area contributed by atoms with E-state index < -0.39 is 12.0 Å². The number of halogens is 1. The summed E-state index contributed by atoms with van der Waals surface area (Å²) in [5.74, 6) is 0.139. The third kappa shape index (κ3) is 5.01. The lowest BCUT2D eigenvalue weighted by Gasteiger charge is -2.24. The number of carbonyl (C=O) groups excluding carboxylic acids is 1. The van der Waals surface area contributed by atoms with Crippen LogP contribution in [0.2, 0.25) is 5.02 Å². The molecule has 0 N–H and O–H groups in total. The van der Waals surface area contributed by atoms with Gasteiger partial charge < -0.3 is 9.47 Å². The van der Waals surface area contributed by atoms with Gasteiger partial charge in [-0.15, -0.1) is 0 Å². The fourth-order valence-corrected chi connectivity index (χ4v) is 5.42. The number of methoxy groups -OCH3 is 1. The molecular weight excluding hydrogens is 508 g/mol. The third-order valence-electron chi connectivity index (χ3n) is 6.06. The maximum atomic E-state index is 13.7. The lowest BCUT2D eigenvalue weighted by atomic mass is 9.96. The van der Waals surface area contributed by atoms with Gasteiger partial charge in [-0.2, -0.15) is 0 Å². The van der Waals surface area contributed by atoms with E-state index in [1.54, 1.807) is 17.6 Å². The number of benzene rings is 3. The number of carbonyl (C=O) groups is 1. The predicted molar refractivity (Wildman–Crippen MR) is 144 cm³/mol. The van der Waals surface area contributed by atoms with E-state index in [2.05, 4.69) is 4.99 Å². The first kappa shape index (κ1) is 24.7. The average Bonchev–Trinajstić information content (AvgIpc) is 3.22. The molecule has 0 spiro atoms. The Morgan fingerprint density at radius 3 is 2.49 bits per heavy atom. The summed E-state index contributed by atoms with van der Waals surface area (Å²) in [4.78, 5) is 31.6. The monoisotopic (exact) mass is 530 g/mol. The van der Waals surface area contributed by atoms with Gasteiger partial charge in [0.15, 0.2) is 4.80 Å². The first-order valence-electron chi connectivity index (χ1n) is 11.6. The molecule has 1 aromatic heterocycles. The Morgan fingerprint density at radius 2 is 1.76 bits per heavy atom. The van der Waals surface area contributed by atoms with E-state index in [-0.39, 0.29) is 5.56 Å². The van der Waals surface area contributed by atoms with Crippen LogP contribution in [-0.2, 0) is 16.1 Å². The molecule has 37 heavy (non-hydrogen) atoms. The molecule has 8 heteroatoms. The van der Waals surface area contributed by atoms with Crippen LogP contribution in [0.25, 0.3) is 6.08 Å². The fourth-order valence-electron chi connectivity index (χ4n) is 4.26. The van der Waals surface area contributed by atoms with E-state index in [0.717, 1.165) is 16.7 Å². The van der Waals surface area contributed by atoms with Crippen molar-refractivity contribution in [1.29, 1.82) is 0 Å². The first-order chi connectivity index (χ1) is 18.0. The van der Waals surface area contributed by atoms with Crippen molar-refractivity contribution in [2.24, 2.45) is 4.99 Å². The topological polar surface area (TPSA) is 69.9 Å². The summed E-state index contributed by atoms with van der Waals surface area (Å²) in [6.45, 7) is 2.12. The van der Waals surface area contributed by atoms with Crippen LogP contribution in [0.1, 0.15) is 29.7 Å². The van der Waals surface area contributed by atoms with Gasteiger partial charge in [-0.25, -0.2) is 9.79 Å². The number of aromatic nitrogens is 1. The highest BCUT2D eigenvalue weighted by Crippen LogP contribution is 2.30. The number of allylic oxidation sites excluding steroid dienone is 1. The van der Waals surface area contributed by atoms with E-state index in [4.69, 9.17) is 21.1 Å². The second kappa shape index (κ2) is 10.6. The quantitative estimate of drug-likeness (QED) is 0.341. The van der Waals surface area contributed by atoms with Gasteiger partial charge in [-0.1, -0.05) is 83.6 Å². The molecule has 0 saturated carbocycles. The second-order valence-electron chi connectivity index (χ2n) is 8.44. The number of rotatable bonds is 6. The van der Waals surface area contributed by atoms with Crippen molar-refractivity contribution in [2.45, 2.75) is 19.6 Å². The summed E-state index contributed by atoms with van der Waals surface area (Å²) in [6.07, 6.45) is 1.81. The van der Waals surface area contributed by atoms with Crippen LogP contribution in [0, 0.1) is 0 Å². The Bertz CT molecular complexity index is 1670.